The van der Waals surface area contributed by atoms with Crippen LogP contribution in [0.3, 0.4) is 0 Å². The smallest absolute Gasteiger partial charge is 0.294 e. The van der Waals surface area contributed by atoms with Gasteiger partial charge in [0.05, 0.1) is 11.0 Å². The number of benzene rings is 1. The molecule has 19 heavy (non-hydrogen) atoms. The first kappa shape index (κ1) is 10.5. The van der Waals surface area contributed by atoms with Gasteiger partial charge in [-0.1, -0.05) is 12.1 Å². The number of aromatic nitrogens is 3. The van der Waals surface area contributed by atoms with E-state index in [4.69, 9.17) is 0 Å². The van der Waals surface area contributed by atoms with E-state index < -0.39 is 0 Å². The Bertz CT molecular complexity index is 934. The lowest BCUT2D eigenvalue weighted by Crippen LogP contribution is -2.19. The lowest BCUT2D eigenvalue weighted by atomic mass is 10.3. The predicted octanol–water partition coefficient (Wildman–Crippen LogP) is 2.70. The molecule has 0 saturated heterocycles. The van der Waals surface area contributed by atoms with Gasteiger partial charge >= 0.3 is 0 Å². The molecule has 0 aliphatic carbocycles. The summed E-state index contributed by atoms with van der Waals surface area (Å²) >= 11 is 1.53. The lowest BCUT2D eigenvalue weighted by molar-refractivity contribution is 0.974. The number of nitrogens with zero attached hydrogens (tertiary/aromatic N) is 3. The summed E-state index contributed by atoms with van der Waals surface area (Å²) in [7, 11) is 0. The maximum absolute atomic E-state index is 12.5. The highest BCUT2D eigenvalue weighted by Gasteiger charge is 2.10. The van der Waals surface area contributed by atoms with E-state index in [9.17, 15) is 4.79 Å². The molecule has 0 spiro atoms. The van der Waals surface area contributed by atoms with Crippen molar-refractivity contribution in [1.82, 2.24) is 14.0 Å². The average molecular weight is 267 g/mol. The monoisotopic (exact) mass is 267 g/mol. The first-order valence-electron chi connectivity index (χ1n) is 5.87. The van der Waals surface area contributed by atoms with Crippen LogP contribution in [0, 0.1) is 0 Å². The third kappa shape index (κ3) is 1.45. The van der Waals surface area contributed by atoms with Gasteiger partial charge < -0.3 is 0 Å². The van der Waals surface area contributed by atoms with Crippen molar-refractivity contribution in [2.45, 2.75) is 0 Å². The molecule has 4 rings (SSSR count). The molecule has 92 valence electrons. The molecule has 4 aromatic rings. The molecule has 1 aromatic carbocycles. The van der Waals surface area contributed by atoms with Crippen molar-refractivity contribution in [3.63, 3.8) is 0 Å². The van der Waals surface area contributed by atoms with Gasteiger partial charge in [-0.2, -0.15) is 0 Å². The second-order valence-corrected chi connectivity index (χ2v) is 5.14. The Morgan fingerprint density at radius 1 is 1.05 bits per heavy atom. The summed E-state index contributed by atoms with van der Waals surface area (Å²) in [6, 6.07) is 11.6. The second kappa shape index (κ2) is 3.80. The quantitative estimate of drug-likeness (QED) is 0.532. The van der Waals surface area contributed by atoms with E-state index in [1.165, 1.54) is 11.3 Å². The van der Waals surface area contributed by atoms with Gasteiger partial charge in [0, 0.05) is 12.4 Å². The minimum absolute atomic E-state index is 0.0962. The summed E-state index contributed by atoms with van der Waals surface area (Å²) in [5, 5.41) is 2.85. The van der Waals surface area contributed by atoms with E-state index in [0.717, 1.165) is 16.0 Å². The minimum Gasteiger partial charge on any atom is -0.294 e. The summed E-state index contributed by atoms with van der Waals surface area (Å²) in [6.07, 6.45) is 3.67. The maximum atomic E-state index is 12.5. The van der Waals surface area contributed by atoms with Crippen LogP contribution in [0.4, 0.5) is 0 Å². The molecule has 0 aliphatic heterocycles. The van der Waals surface area contributed by atoms with Crippen LogP contribution in [0.25, 0.3) is 21.7 Å². The highest BCUT2D eigenvalue weighted by atomic mass is 32.1. The fourth-order valence-corrected chi connectivity index (χ4v) is 2.95. The molecule has 0 fully saturated rings. The van der Waals surface area contributed by atoms with Crippen LogP contribution in [0.15, 0.2) is 59.0 Å². The van der Waals surface area contributed by atoms with Crippen LogP contribution in [-0.2, 0) is 0 Å². The number of imidazole rings is 1. The van der Waals surface area contributed by atoms with E-state index in [-0.39, 0.29) is 5.56 Å². The maximum Gasteiger partial charge on any atom is 0.299 e. The zero-order chi connectivity index (χ0) is 12.8. The van der Waals surface area contributed by atoms with Gasteiger partial charge in [-0.25, -0.2) is 4.98 Å². The number of rotatable bonds is 1. The van der Waals surface area contributed by atoms with E-state index in [1.54, 1.807) is 10.8 Å². The van der Waals surface area contributed by atoms with Crippen LogP contribution < -0.4 is 5.56 Å². The fraction of sp³-hybridized carbons (Fsp3) is 0. The molecule has 5 heteroatoms. The summed E-state index contributed by atoms with van der Waals surface area (Å²) in [4.78, 5) is 16.9. The van der Waals surface area contributed by atoms with E-state index in [0.29, 0.717) is 5.65 Å². The number of hydrogen-bond donors (Lipinski definition) is 0. The van der Waals surface area contributed by atoms with Gasteiger partial charge in [-0.05, 0) is 29.6 Å². The Labute approximate surface area is 112 Å². The van der Waals surface area contributed by atoms with E-state index in [2.05, 4.69) is 4.98 Å². The van der Waals surface area contributed by atoms with E-state index in [1.807, 2.05) is 52.4 Å². The molecule has 0 atom stereocenters. The number of hydrogen-bond acceptors (Lipinski definition) is 3. The molecule has 0 unspecified atom stereocenters. The topological polar surface area (TPSA) is 39.3 Å². The molecular weight excluding hydrogens is 258 g/mol. The summed E-state index contributed by atoms with van der Waals surface area (Å²) < 4.78 is 3.47. The van der Waals surface area contributed by atoms with Crippen molar-refractivity contribution in [1.29, 1.82) is 0 Å². The second-order valence-electron chi connectivity index (χ2n) is 4.22. The van der Waals surface area contributed by atoms with Gasteiger partial charge in [0.1, 0.15) is 5.00 Å². The van der Waals surface area contributed by atoms with Gasteiger partial charge in [-0.15, -0.1) is 11.3 Å². The Hall–Kier alpha value is -2.40. The van der Waals surface area contributed by atoms with Crippen molar-refractivity contribution in [2.75, 3.05) is 0 Å². The normalized spacial score (nSPS) is 11.4. The Kier molecular flexibility index (Phi) is 2.10. The molecule has 0 N–H and O–H groups in total. The average Bonchev–Trinajstić information content (AvgIpc) is 3.06. The third-order valence-corrected chi connectivity index (χ3v) is 3.98. The van der Waals surface area contributed by atoms with Crippen molar-refractivity contribution in [3.05, 3.63) is 64.5 Å². The molecule has 3 heterocycles. The molecular formula is C14H9N3OS. The van der Waals surface area contributed by atoms with Crippen LogP contribution in [-0.4, -0.2) is 14.0 Å². The third-order valence-electron chi connectivity index (χ3n) is 3.11. The zero-order valence-corrected chi connectivity index (χ0v) is 10.7. The van der Waals surface area contributed by atoms with Gasteiger partial charge in [0.2, 0.25) is 5.65 Å². The summed E-state index contributed by atoms with van der Waals surface area (Å²) in [6.45, 7) is 0. The van der Waals surface area contributed by atoms with Crippen LogP contribution in [0.1, 0.15) is 0 Å². The first-order valence-corrected chi connectivity index (χ1v) is 6.75. The molecule has 0 saturated carbocycles. The number of thiophene rings is 1. The SMILES string of the molecule is O=c1c2nc3ccccc3n2ccn1-c1cccs1. The summed E-state index contributed by atoms with van der Waals surface area (Å²) in [5.41, 5.74) is 2.15. The number of para-hydroxylation sites is 2. The molecule has 0 aliphatic rings. The van der Waals surface area contributed by atoms with E-state index >= 15 is 0 Å². The highest BCUT2D eigenvalue weighted by Crippen LogP contribution is 2.16. The van der Waals surface area contributed by atoms with Crippen molar-refractivity contribution < 1.29 is 0 Å². The molecule has 0 radical (unpaired) electrons. The minimum atomic E-state index is -0.0962. The van der Waals surface area contributed by atoms with Crippen LogP contribution in [0.5, 0.6) is 0 Å². The fourth-order valence-electron chi connectivity index (χ4n) is 2.24. The van der Waals surface area contributed by atoms with Crippen molar-refractivity contribution in [2.24, 2.45) is 0 Å². The predicted molar refractivity (Wildman–Crippen MR) is 76.2 cm³/mol. The standard InChI is InChI=1S/C14H9N3OS/c18-14-13-15-10-4-1-2-5-11(10)16(13)7-8-17(14)12-6-3-9-19-12/h1-9H. The first-order chi connectivity index (χ1) is 9.34. The highest BCUT2D eigenvalue weighted by molar-refractivity contribution is 7.12. The summed E-state index contributed by atoms with van der Waals surface area (Å²) in [5.74, 6) is 0. The Morgan fingerprint density at radius 3 is 2.79 bits per heavy atom. The molecule has 4 nitrogen and oxygen atoms in total. The van der Waals surface area contributed by atoms with Crippen molar-refractivity contribution in [3.8, 4) is 5.00 Å². The van der Waals surface area contributed by atoms with Crippen LogP contribution in [0.2, 0.25) is 0 Å². The zero-order valence-electron chi connectivity index (χ0n) is 9.85. The van der Waals surface area contributed by atoms with Gasteiger partial charge in [0.25, 0.3) is 5.56 Å². The molecule has 0 bridgehead atoms. The Morgan fingerprint density at radius 2 is 1.95 bits per heavy atom. The largest absolute Gasteiger partial charge is 0.299 e. The lowest BCUT2D eigenvalue weighted by Gasteiger charge is -2.02. The van der Waals surface area contributed by atoms with Crippen molar-refractivity contribution >= 4 is 28.0 Å². The van der Waals surface area contributed by atoms with Gasteiger partial charge in [-0.3, -0.25) is 13.8 Å². The molecule has 0 amide bonds. The van der Waals surface area contributed by atoms with Crippen LogP contribution >= 0.6 is 11.3 Å². The molecule has 3 aromatic heterocycles. The Balaban J connectivity index is 2.14. The van der Waals surface area contributed by atoms with Gasteiger partial charge in [0.15, 0.2) is 0 Å². The number of fused-ring (bicyclic) bond motifs is 3.